The third kappa shape index (κ3) is 6.60. The molecule has 1 aliphatic carbocycles. The lowest BCUT2D eigenvalue weighted by Gasteiger charge is -2.20. The van der Waals surface area contributed by atoms with E-state index in [0.29, 0.717) is 13.0 Å². The lowest BCUT2D eigenvalue weighted by atomic mass is 10.1. The molecule has 1 fully saturated rings. The number of aromatic nitrogens is 2. The number of hydrogen-bond donors (Lipinski definition) is 3. The molecule has 0 aliphatic heterocycles. The molecule has 27 heavy (non-hydrogen) atoms. The Kier molecular flexibility index (Phi) is 6.95. The number of amides is 2. The number of aryl methyl sites for hydroxylation is 1. The van der Waals surface area contributed by atoms with Crippen molar-refractivity contribution in [1.82, 2.24) is 24.7 Å². The van der Waals surface area contributed by atoms with Gasteiger partial charge in [0.25, 0.3) is 0 Å². The first kappa shape index (κ1) is 21.3. The molecule has 0 saturated heterocycles. The fourth-order valence-corrected chi connectivity index (χ4v) is 3.69. The van der Waals surface area contributed by atoms with Crippen LogP contribution in [0.25, 0.3) is 0 Å². The van der Waals surface area contributed by atoms with Crippen molar-refractivity contribution in [3.05, 3.63) is 18.0 Å². The zero-order valence-corrected chi connectivity index (χ0v) is 16.6. The third-order valence-electron chi connectivity index (χ3n) is 4.50. The summed E-state index contributed by atoms with van der Waals surface area (Å²) in [6.07, 6.45) is 4.34. The predicted octanol–water partition coefficient (Wildman–Crippen LogP) is -1.43. The summed E-state index contributed by atoms with van der Waals surface area (Å²) in [5, 5.41) is 16.9. The van der Waals surface area contributed by atoms with Gasteiger partial charge in [0.2, 0.25) is 21.8 Å². The standard InChI is InChI=1S/C16H27N5O5S/c1-20(9-11-8-17-21(2)10-11)16(24)12-6-13(14(22)7-12)19-15(23)4-5-18-27(3,25)26/h8,10,12-14,18,22H,4-7,9H2,1-3H3,(H,19,23)/t12-,13+,14+/m0/s1. The number of sulfonamides is 1. The molecule has 1 aliphatic rings. The summed E-state index contributed by atoms with van der Waals surface area (Å²) in [6, 6.07) is -0.517. The van der Waals surface area contributed by atoms with Crippen LogP contribution in [-0.2, 0) is 33.2 Å². The summed E-state index contributed by atoms with van der Waals surface area (Å²) in [4.78, 5) is 26.1. The minimum absolute atomic E-state index is 0.0102. The van der Waals surface area contributed by atoms with Gasteiger partial charge in [0.15, 0.2) is 0 Å². The summed E-state index contributed by atoms with van der Waals surface area (Å²) < 4.78 is 25.9. The second-order valence-corrected chi connectivity index (χ2v) is 8.88. The van der Waals surface area contributed by atoms with E-state index in [2.05, 4.69) is 15.1 Å². The van der Waals surface area contributed by atoms with Gasteiger partial charge < -0.3 is 15.3 Å². The Morgan fingerprint density at radius 1 is 1.41 bits per heavy atom. The van der Waals surface area contributed by atoms with Gasteiger partial charge in [-0.1, -0.05) is 0 Å². The molecule has 2 amide bonds. The third-order valence-corrected chi connectivity index (χ3v) is 5.22. The fraction of sp³-hybridized carbons (Fsp3) is 0.688. The molecule has 1 heterocycles. The number of rotatable bonds is 8. The van der Waals surface area contributed by atoms with E-state index in [0.717, 1.165) is 11.8 Å². The van der Waals surface area contributed by atoms with Crippen molar-refractivity contribution in [2.24, 2.45) is 13.0 Å². The molecule has 3 N–H and O–H groups in total. The number of nitrogens with one attached hydrogen (secondary N) is 2. The van der Waals surface area contributed by atoms with Crippen molar-refractivity contribution in [3.8, 4) is 0 Å². The SMILES string of the molecule is CN(Cc1cnn(C)c1)C(=O)[C@@H]1C[C@@H](O)[C@H](NC(=O)CCNS(C)(=O)=O)C1. The highest BCUT2D eigenvalue weighted by Crippen LogP contribution is 2.28. The Morgan fingerprint density at radius 2 is 2.11 bits per heavy atom. The molecule has 3 atom stereocenters. The maximum Gasteiger partial charge on any atom is 0.225 e. The van der Waals surface area contributed by atoms with E-state index < -0.39 is 22.2 Å². The molecular formula is C16H27N5O5S. The minimum atomic E-state index is -3.35. The quantitative estimate of drug-likeness (QED) is 0.489. The number of carbonyl (C=O) groups excluding carboxylic acids is 2. The molecule has 0 aromatic carbocycles. The lowest BCUT2D eigenvalue weighted by Crippen LogP contribution is -2.41. The zero-order chi connectivity index (χ0) is 20.2. The molecule has 1 saturated carbocycles. The minimum Gasteiger partial charge on any atom is -0.391 e. The second kappa shape index (κ2) is 8.81. The Bertz CT molecular complexity index is 778. The molecule has 0 bridgehead atoms. The van der Waals surface area contributed by atoms with Crippen molar-refractivity contribution in [3.63, 3.8) is 0 Å². The Balaban J connectivity index is 1.82. The van der Waals surface area contributed by atoms with Gasteiger partial charge in [0.1, 0.15) is 0 Å². The van der Waals surface area contributed by atoms with Gasteiger partial charge in [0, 0.05) is 51.3 Å². The van der Waals surface area contributed by atoms with Gasteiger partial charge in [-0.05, 0) is 12.8 Å². The van der Waals surface area contributed by atoms with Crippen LogP contribution in [0.4, 0.5) is 0 Å². The number of nitrogens with zero attached hydrogens (tertiary/aromatic N) is 3. The molecule has 1 aromatic heterocycles. The molecule has 152 valence electrons. The van der Waals surface area contributed by atoms with Crippen LogP contribution in [0.5, 0.6) is 0 Å². The molecular weight excluding hydrogens is 374 g/mol. The molecule has 1 aromatic rings. The number of carbonyl (C=O) groups is 2. The Labute approximate surface area is 159 Å². The topological polar surface area (TPSA) is 134 Å². The van der Waals surface area contributed by atoms with Crippen LogP contribution in [0.2, 0.25) is 0 Å². The summed E-state index contributed by atoms with van der Waals surface area (Å²) >= 11 is 0. The van der Waals surface area contributed by atoms with E-state index >= 15 is 0 Å². The summed E-state index contributed by atoms with van der Waals surface area (Å²) in [5.74, 6) is -0.832. The summed E-state index contributed by atoms with van der Waals surface area (Å²) in [6.45, 7) is 0.414. The van der Waals surface area contributed by atoms with E-state index in [1.54, 1.807) is 29.9 Å². The zero-order valence-electron chi connectivity index (χ0n) is 15.8. The van der Waals surface area contributed by atoms with E-state index in [-0.39, 0.29) is 37.1 Å². The van der Waals surface area contributed by atoms with Gasteiger partial charge in [-0.15, -0.1) is 0 Å². The average molecular weight is 401 g/mol. The smallest absolute Gasteiger partial charge is 0.225 e. The highest BCUT2D eigenvalue weighted by molar-refractivity contribution is 7.88. The van der Waals surface area contributed by atoms with Crippen molar-refractivity contribution in [1.29, 1.82) is 0 Å². The van der Waals surface area contributed by atoms with Gasteiger partial charge in [-0.25, -0.2) is 13.1 Å². The van der Waals surface area contributed by atoms with Gasteiger partial charge in [0.05, 0.1) is 24.6 Å². The van der Waals surface area contributed by atoms with Gasteiger partial charge in [-0.2, -0.15) is 5.10 Å². The highest BCUT2D eigenvalue weighted by atomic mass is 32.2. The van der Waals surface area contributed by atoms with Crippen LogP contribution in [0.3, 0.4) is 0 Å². The fourth-order valence-electron chi connectivity index (χ4n) is 3.22. The average Bonchev–Trinajstić information content (AvgIpc) is 3.11. The maximum atomic E-state index is 12.6. The van der Waals surface area contributed by atoms with Crippen molar-refractivity contribution >= 4 is 21.8 Å². The van der Waals surface area contributed by atoms with Crippen LogP contribution in [0, 0.1) is 5.92 Å². The summed E-state index contributed by atoms with van der Waals surface area (Å²) in [7, 11) is 0.155. The largest absolute Gasteiger partial charge is 0.391 e. The van der Waals surface area contributed by atoms with Crippen molar-refractivity contribution in [2.45, 2.75) is 38.0 Å². The molecule has 11 heteroatoms. The van der Waals surface area contributed by atoms with Crippen LogP contribution in [-0.4, -0.2) is 72.0 Å². The number of aliphatic hydroxyl groups is 1. The number of aliphatic hydroxyl groups excluding tert-OH is 1. The normalized spacial score (nSPS) is 22.6. The van der Waals surface area contributed by atoms with Crippen molar-refractivity contribution < 1.29 is 23.1 Å². The van der Waals surface area contributed by atoms with Crippen LogP contribution < -0.4 is 10.0 Å². The second-order valence-electron chi connectivity index (χ2n) is 7.04. The maximum absolute atomic E-state index is 12.6. The van der Waals surface area contributed by atoms with E-state index in [9.17, 15) is 23.1 Å². The number of hydrogen-bond acceptors (Lipinski definition) is 6. The van der Waals surface area contributed by atoms with E-state index in [1.165, 1.54) is 0 Å². The lowest BCUT2D eigenvalue weighted by molar-refractivity contribution is -0.134. The Hall–Kier alpha value is -1.98. The van der Waals surface area contributed by atoms with Crippen molar-refractivity contribution in [2.75, 3.05) is 19.8 Å². The van der Waals surface area contributed by atoms with E-state index in [4.69, 9.17) is 0 Å². The molecule has 0 radical (unpaired) electrons. The molecule has 2 rings (SSSR count). The first-order valence-corrected chi connectivity index (χ1v) is 10.6. The first-order valence-electron chi connectivity index (χ1n) is 8.69. The molecule has 0 spiro atoms. The predicted molar refractivity (Wildman–Crippen MR) is 97.8 cm³/mol. The highest BCUT2D eigenvalue weighted by Gasteiger charge is 2.38. The molecule has 10 nitrogen and oxygen atoms in total. The Morgan fingerprint density at radius 3 is 2.70 bits per heavy atom. The monoisotopic (exact) mass is 401 g/mol. The summed E-state index contributed by atoms with van der Waals surface area (Å²) in [5.41, 5.74) is 0.912. The van der Waals surface area contributed by atoms with Crippen LogP contribution in [0.15, 0.2) is 12.4 Å². The van der Waals surface area contributed by atoms with Gasteiger partial charge in [-0.3, -0.25) is 14.3 Å². The van der Waals surface area contributed by atoms with Gasteiger partial charge >= 0.3 is 0 Å². The molecule has 0 unspecified atom stereocenters. The van der Waals surface area contributed by atoms with Crippen LogP contribution in [0.1, 0.15) is 24.8 Å². The first-order chi connectivity index (χ1) is 12.5. The van der Waals surface area contributed by atoms with E-state index in [1.807, 2.05) is 6.20 Å². The van der Waals surface area contributed by atoms with Crippen LogP contribution >= 0.6 is 0 Å².